The molecule has 0 bridgehead atoms. The molecule has 5 aromatic rings. The van der Waals surface area contributed by atoms with Crippen molar-refractivity contribution < 1.29 is 0 Å². The molecule has 48 heavy (non-hydrogen) atoms. The number of allylic oxidation sites excluding steroid dienone is 4. The maximum absolute atomic E-state index is 6.97. The van der Waals surface area contributed by atoms with Crippen molar-refractivity contribution in [2.45, 2.75) is 19.8 Å². The monoisotopic (exact) mass is 637 g/mol. The molecule has 10 N–H and O–H groups in total. The summed E-state index contributed by atoms with van der Waals surface area (Å²) in [4.78, 5) is 2.23. The van der Waals surface area contributed by atoms with Crippen LogP contribution in [0.15, 0.2) is 170 Å². The maximum atomic E-state index is 6.97. The predicted octanol–water partition coefficient (Wildman–Crippen LogP) is 10.8. The molecule has 7 heteroatoms. The second kappa shape index (κ2) is 22.3. The number of nitrogens with two attached hydrogens (primary N) is 2. The van der Waals surface area contributed by atoms with Crippen LogP contribution in [0.5, 0.6) is 0 Å². The molecular weight excluding hydrogens is 591 g/mol. The fourth-order valence-electron chi connectivity index (χ4n) is 4.36. The Balaban J connectivity index is 0.000000267. The summed E-state index contributed by atoms with van der Waals surface area (Å²) in [5.41, 5.74) is 19.3. The van der Waals surface area contributed by atoms with Gasteiger partial charge >= 0.3 is 0 Å². The van der Waals surface area contributed by atoms with Crippen molar-refractivity contribution in [3.05, 3.63) is 175 Å². The summed E-state index contributed by atoms with van der Waals surface area (Å²) in [5.74, 6) is 0. The smallest absolute Gasteiger partial charge is 0.0617 e. The highest BCUT2D eigenvalue weighted by Gasteiger charge is 2.11. The number of benzene rings is 5. The first kappa shape index (κ1) is 38.0. The van der Waals surface area contributed by atoms with Crippen LogP contribution in [0.3, 0.4) is 0 Å². The standard InChI is InChI=1S/C20H18N2.C12H12N2.C9H14N2.H3N/c21-16-15-17-11-13-20(14-12-17)22(18-7-3-1-4-8-18)19-9-5-2-6-10-19;13-11-8-4-5-9-12(11)14-10-6-2-1-3-7-10;1-2-3-4-5-9(8-11)6-7-10;/h1-16H,21H2;1-9,14H,13H2;3-5,7-8,10-11H,2,6H2,1H3;1H3/b16-15+;;4-3+,9-5-,10-7?,11-8?;. The van der Waals surface area contributed by atoms with E-state index in [1.165, 1.54) is 12.4 Å². The van der Waals surface area contributed by atoms with Crippen molar-refractivity contribution in [2.24, 2.45) is 5.73 Å². The van der Waals surface area contributed by atoms with E-state index in [4.69, 9.17) is 22.3 Å². The summed E-state index contributed by atoms with van der Waals surface area (Å²) < 4.78 is 0. The van der Waals surface area contributed by atoms with Crippen molar-refractivity contribution in [2.75, 3.05) is 16.0 Å². The number of anilines is 6. The highest BCUT2D eigenvalue weighted by atomic mass is 15.1. The lowest BCUT2D eigenvalue weighted by Gasteiger charge is -2.25. The Hall–Kier alpha value is -6.18. The molecule has 0 saturated carbocycles. The van der Waals surface area contributed by atoms with Gasteiger partial charge in [0.25, 0.3) is 0 Å². The van der Waals surface area contributed by atoms with E-state index in [1.807, 2.05) is 91.0 Å². The Morgan fingerprint density at radius 1 is 0.708 bits per heavy atom. The molecule has 246 valence electrons. The van der Waals surface area contributed by atoms with Gasteiger partial charge in [0, 0.05) is 35.4 Å². The lowest BCUT2D eigenvalue weighted by atomic mass is 10.1. The Kier molecular flexibility index (Phi) is 17.7. The highest BCUT2D eigenvalue weighted by Crippen LogP contribution is 2.34. The minimum Gasteiger partial charge on any atom is -0.405 e. The first-order valence-electron chi connectivity index (χ1n) is 15.5. The van der Waals surface area contributed by atoms with Crippen molar-refractivity contribution in [3.8, 4) is 0 Å². The van der Waals surface area contributed by atoms with Gasteiger partial charge in [-0.3, -0.25) is 0 Å². The molecular formula is C41H47N7. The molecule has 0 aliphatic rings. The summed E-state index contributed by atoms with van der Waals surface area (Å²) in [6.45, 7) is 2.06. The van der Waals surface area contributed by atoms with E-state index in [0.29, 0.717) is 6.42 Å². The van der Waals surface area contributed by atoms with E-state index in [-0.39, 0.29) is 6.15 Å². The second-order valence-corrected chi connectivity index (χ2v) is 10.2. The molecule has 0 saturated heterocycles. The first-order chi connectivity index (χ1) is 23.1. The lowest BCUT2D eigenvalue weighted by molar-refractivity contribution is 1.22. The van der Waals surface area contributed by atoms with Crippen LogP contribution in [0.1, 0.15) is 25.3 Å². The van der Waals surface area contributed by atoms with Crippen molar-refractivity contribution in [1.29, 1.82) is 10.8 Å². The van der Waals surface area contributed by atoms with E-state index in [0.717, 1.165) is 51.7 Å². The zero-order valence-electron chi connectivity index (χ0n) is 27.5. The third kappa shape index (κ3) is 13.0. The van der Waals surface area contributed by atoms with E-state index >= 15 is 0 Å². The summed E-state index contributed by atoms with van der Waals surface area (Å²) in [5, 5.41) is 17.0. The highest BCUT2D eigenvalue weighted by molar-refractivity contribution is 5.81. The summed E-state index contributed by atoms with van der Waals surface area (Å²) >= 11 is 0. The van der Waals surface area contributed by atoms with Gasteiger partial charge in [0.2, 0.25) is 0 Å². The van der Waals surface area contributed by atoms with Crippen LogP contribution in [0.2, 0.25) is 0 Å². The minimum atomic E-state index is 0. The molecule has 0 radical (unpaired) electrons. The SMILES string of the molecule is CC/C=C/C=C(\C=N)CC=N.N.N/C=C/c1ccc(N(c2ccccc2)c2ccccc2)cc1.Nc1ccccc1Nc1ccccc1. The third-order valence-corrected chi connectivity index (χ3v) is 6.69. The second-order valence-electron chi connectivity index (χ2n) is 10.2. The third-order valence-electron chi connectivity index (χ3n) is 6.69. The Labute approximate surface area is 285 Å². The van der Waals surface area contributed by atoms with Crippen LogP contribution in [0, 0.1) is 10.8 Å². The molecule has 0 spiro atoms. The van der Waals surface area contributed by atoms with Gasteiger partial charge in [0.05, 0.1) is 11.4 Å². The van der Waals surface area contributed by atoms with E-state index in [2.05, 4.69) is 89.9 Å². The number of rotatable bonds is 11. The van der Waals surface area contributed by atoms with Crippen LogP contribution in [-0.4, -0.2) is 12.4 Å². The van der Waals surface area contributed by atoms with E-state index in [1.54, 1.807) is 6.20 Å². The topological polar surface area (TPSA) is 150 Å². The summed E-state index contributed by atoms with van der Waals surface area (Å²) in [7, 11) is 0. The van der Waals surface area contributed by atoms with Gasteiger partial charge in [0.1, 0.15) is 0 Å². The van der Waals surface area contributed by atoms with E-state index < -0.39 is 0 Å². The van der Waals surface area contributed by atoms with E-state index in [9.17, 15) is 0 Å². The Morgan fingerprint density at radius 3 is 1.73 bits per heavy atom. The molecule has 0 aliphatic heterocycles. The Morgan fingerprint density at radius 2 is 1.23 bits per heavy atom. The average molecular weight is 638 g/mol. The van der Waals surface area contributed by atoms with Crippen molar-refractivity contribution in [1.82, 2.24) is 6.15 Å². The number of nitrogen functional groups attached to an aromatic ring is 1. The molecule has 0 heterocycles. The quantitative estimate of drug-likeness (QED) is 0.0484. The normalized spacial score (nSPS) is 10.5. The number of hydrogen-bond acceptors (Lipinski definition) is 7. The average Bonchev–Trinajstić information content (AvgIpc) is 3.12. The Bertz CT molecular complexity index is 1660. The first-order valence-corrected chi connectivity index (χ1v) is 15.5. The fourth-order valence-corrected chi connectivity index (χ4v) is 4.36. The van der Waals surface area contributed by atoms with Gasteiger partial charge < -0.3 is 38.7 Å². The van der Waals surface area contributed by atoms with Crippen LogP contribution >= 0.6 is 0 Å². The van der Waals surface area contributed by atoms with Gasteiger partial charge in [-0.1, -0.05) is 104 Å². The predicted molar refractivity (Wildman–Crippen MR) is 210 cm³/mol. The zero-order valence-corrected chi connectivity index (χ0v) is 27.5. The van der Waals surface area contributed by atoms with Crippen LogP contribution in [0.4, 0.5) is 34.1 Å². The van der Waals surface area contributed by atoms with Gasteiger partial charge in [-0.05, 0) is 96.7 Å². The van der Waals surface area contributed by atoms with Crippen LogP contribution in [0.25, 0.3) is 6.08 Å². The molecule has 5 rings (SSSR count). The number of nitrogens with one attached hydrogen (secondary N) is 3. The molecule has 0 aromatic heterocycles. The number of nitrogens with zero attached hydrogens (tertiary/aromatic N) is 1. The maximum Gasteiger partial charge on any atom is 0.0617 e. The largest absolute Gasteiger partial charge is 0.405 e. The van der Waals surface area contributed by atoms with Gasteiger partial charge in [0.15, 0.2) is 0 Å². The van der Waals surface area contributed by atoms with Crippen molar-refractivity contribution in [3.63, 3.8) is 0 Å². The fraction of sp³-hybridized carbons (Fsp3) is 0.0732. The lowest BCUT2D eigenvalue weighted by Crippen LogP contribution is -2.09. The number of para-hydroxylation sites is 5. The van der Waals surface area contributed by atoms with Crippen LogP contribution in [-0.2, 0) is 0 Å². The molecule has 0 fully saturated rings. The van der Waals surface area contributed by atoms with Gasteiger partial charge in [-0.25, -0.2) is 0 Å². The van der Waals surface area contributed by atoms with Crippen molar-refractivity contribution >= 4 is 52.6 Å². The number of hydrogen-bond donors (Lipinski definition) is 6. The van der Waals surface area contributed by atoms with Gasteiger partial charge in [-0.15, -0.1) is 0 Å². The molecule has 0 aliphatic carbocycles. The minimum absolute atomic E-state index is 0. The summed E-state index contributed by atoms with van der Waals surface area (Å²) in [6, 6.07) is 46.8. The molecule has 7 nitrogen and oxygen atoms in total. The summed E-state index contributed by atoms with van der Waals surface area (Å²) in [6.07, 6.45) is 13.4. The molecule has 0 amide bonds. The molecule has 5 aromatic carbocycles. The molecule has 0 atom stereocenters. The van der Waals surface area contributed by atoms with Crippen LogP contribution < -0.4 is 27.8 Å². The molecule has 0 unspecified atom stereocenters. The van der Waals surface area contributed by atoms with Gasteiger partial charge in [-0.2, -0.15) is 0 Å². The zero-order chi connectivity index (χ0) is 33.5.